The minimum absolute atomic E-state index is 0.433. The smallest absolute Gasteiger partial charge is 0.356 e. The minimum atomic E-state index is -1.31. The standard InChI is InChI=1S/C10H14O5S2/c11-7(9(16)3-1-5-13-9)15-8(12)10(17)4-2-6-14-10/h16-17H,1-6H2. The average Bonchev–Trinajstić information content (AvgIpc) is 2.89. The van der Waals surface area contributed by atoms with Gasteiger partial charge in [0.15, 0.2) is 0 Å². The Hall–Kier alpha value is -0.240. The lowest BCUT2D eigenvalue weighted by molar-refractivity contribution is -0.175. The van der Waals surface area contributed by atoms with E-state index in [0.29, 0.717) is 26.1 Å². The Balaban J connectivity index is 1.96. The molecular formula is C10H14O5S2. The first kappa shape index (κ1) is 13.2. The highest BCUT2D eigenvalue weighted by molar-refractivity contribution is 7.82. The van der Waals surface area contributed by atoms with Crippen molar-refractivity contribution in [3.8, 4) is 0 Å². The third-order valence-corrected chi connectivity index (χ3v) is 3.90. The molecule has 0 radical (unpaired) electrons. The van der Waals surface area contributed by atoms with Crippen LogP contribution in [0.2, 0.25) is 0 Å². The van der Waals surface area contributed by atoms with Crippen molar-refractivity contribution in [2.45, 2.75) is 35.5 Å². The second-order valence-electron chi connectivity index (χ2n) is 4.15. The monoisotopic (exact) mass is 278 g/mol. The topological polar surface area (TPSA) is 61.8 Å². The molecular weight excluding hydrogens is 264 g/mol. The van der Waals surface area contributed by atoms with E-state index >= 15 is 0 Å². The first-order valence-electron chi connectivity index (χ1n) is 5.46. The molecule has 0 N–H and O–H groups in total. The maximum Gasteiger partial charge on any atom is 0.356 e. The summed E-state index contributed by atoms with van der Waals surface area (Å²) >= 11 is 8.21. The molecule has 2 aliphatic rings. The van der Waals surface area contributed by atoms with Crippen LogP contribution in [-0.4, -0.2) is 35.0 Å². The predicted molar refractivity (Wildman–Crippen MR) is 64.9 cm³/mol. The predicted octanol–water partition coefficient (Wildman–Crippen LogP) is 0.929. The maximum atomic E-state index is 11.7. The Labute approximate surface area is 110 Å². The van der Waals surface area contributed by atoms with E-state index in [1.165, 1.54) is 0 Å². The van der Waals surface area contributed by atoms with Crippen LogP contribution in [0.1, 0.15) is 25.7 Å². The van der Waals surface area contributed by atoms with Crippen molar-refractivity contribution in [2.24, 2.45) is 0 Å². The molecule has 0 saturated carbocycles. The number of hydrogen-bond donors (Lipinski definition) is 2. The molecule has 0 spiro atoms. The van der Waals surface area contributed by atoms with Gasteiger partial charge in [0.1, 0.15) is 0 Å². The zero-order chi connectivity index (χ0) is 12.5. The van der Waals surface area contributed by atoms with Gasteiger partial charge in [0.25, 0.3) is 0 Å². The van der Waals surface area contributed by atoms with Crippen molar-refractivity contribution in [1.82, 2.24) is 0 Å². The van der Waals surface area contributed by atoms with E-state index in [1.54, 1.807) is 0 Å². The van der Waals surface area contributed by atoms with Gasteiger partial charge in [-0.25, -0.2) is 9.59 Å². The van der Waals surface area contributed by atoms with Gasteiger partial charge in [-0.05, 0) is 25.7 Å². The molecule has 96 valence electrons. The number of rotatable bonds is 2. The van der Waals surface area contributed by atoms with Crippen LogP contribution in [0, 0.1) is 0 Å². The van der Waals surface area contributed by atoms with Gasteiger partial charge in [-0.3, -0.25) is 0 Å². The summed E-state index contributed by atoms with van der Waals surface area (Å²) in [6.07, 6.45) is 2.30. The SMILES string of the molecule is O=C(OC(=O)C1(S)CCCO1)C1(S)CCCO1. The van der Waals surface area contributed by atoms with E-state index in [4.69, 9.17) is 14.2 Å². The van der Waals surface area contributed by atoms with Crippen molar-refractivity contribution < 1.29 is 23.8 Å². The summed E-state index contributed by atoms with van der Waals surface area (Å²) in [5.41, 5.74) is 0. The average molecular weight is 278 g/mol. The fourth-order valence-corrected chi connectivity index (χ4v) is 2.41. The van der Waals surface area contributed by atoms with Gasteiger partial charge in [-0.2, -0.15) is 0 Å². The molecule has 2 heterocycles. The second-order valence-corrected chi connectivity index (χ2v) is 5.59. The summed E-state index contributed by atoms with van der Waals surface area (Å²) in [5, 5.41) is 0. The molecule has 0 bridgehead atoms. The second kappa shape index (κ2) is 4.79. The number of hydrogen-bond acceptors (Lipinski definition) is 7. The number of ether oxygens (including phenoxy) is 3. The summed E-state index contributed by atoms with van der Waals surface area (Å²) in [6.45, 7) is 0.880. The fourth-order valence-electron chi connectivity index (χ4n) is 1.82. The van der Waals surface area contributed by atoms with Gasteiger partial charge in [0.05, 0.1) is 0 Å². The molecule has 0 amide bonds. The Morgan fingerprint density at radius 2 is 1.35 bits per heavy atom. The van der Waals surface area contributed by atoms with Crippen molar-refractivity contribution in [3.63, 3.8) is 0 Å². The van der Waals surface area contributed by atoms with Gasteiger partial charge >= 0.3 is 11.9 Å². The van der Waals surface area contributed by atoms with Crippen molar-refractivity contribution in [3.05, 3.63) is 0 Å². The summed E-state index contributed by atoms with van der Waals surface area (Å²) in [5.74, 6) is -1.57. The lowest BCUT2D eigenvalue weighted by Gasteiger charge is -2.23. The van der Waals surface area contributed by atoms with E-state index in [-0.39, 0.29) is 0 Å². The molecule has 2 atom stereocenters. The molecule has 2 unspecified atom stereocenters. The largest absolute Gasteiger partial charge is 0.387 e. The van der Waals surface area contributed by atoms with Crippen LogP contribution >= 0.6 is 25.3 Å². The van der Waals surface area contributed by atoms with Gasteiger partial charge in [-0.1, -0.05) is 0 Å². The molecule has 0 aromatic heterocycles. The van der Waals surface area contributed by atoms with Gasteiger partial charge in [0, 0.05) is 13.2 Å². The molecule has 0 aromatic rings. The van der Waals surface area contributed by atoms with Crippen molar-refractivity contribution in [1.29, 1.82) is 0 Å². The highest BCUT2D eigenvalue weighted by atomic mass is 32.1. The van der Waals surface area contributed by atoms with Crippen molar-refractivity contribution in [2.75, 3.05) is 13.2 Å². The lowest BCUT2D eigenvalue weighted by Crippen LogP contribution is -2.41. The zero-order valence-corrected chi connectivity index (χ0v) is 11.0. The number of carbonyl (C=O) groups is 2. The van der Waals surface area contributed by atoms with Crippen LogP contribution in [0.5, 0.6) is 0 Å². The first-order chi connectivity index (χ1) is 7.96. The van der Waals surface area contributed by atoms with E-state index in [2.05, 4.69) is 25.3 Å². The highest BCUT2D eigenvalue weighted by Crippen LogP contribution is 2.34. The summed E-state index contributed by atoms with van der Waals surface area (Å²) in [4.78, 5) is 20.9. The Kier molecular flexibility index (Phi) is 3.72. The van der Waals surface area contributed by atoms with Gasteiger partial charge in [-0.15, -0.1) is 25.3 Å². The third kappa shape index (κ3) is 2.62. The Bertz CT molecular complexity index is 300. The van der Waals surface area contributed by atoms with E-state index in [0.717, 1.165) is 12.8 Å². The quantitative estimate of drug-likeness (QED) is 0.447. The van der Waals surface area contributed by atoms with Crippen LogP contribution in [0.4, 0.5) is 0 Å². The Morgan fingerprint density at radius 3 is 1.65 bits per heavy atom. The van der Waals surface area contributed by atoms with Gasteiger partial charge in [0.2, 0.25) is 9.87 Å². The molecule has 7 heteroatoms. The van der Waals surface area contributed by atoms with Crippen LogP contribution in [0.15, 0.2) is 0 Å². The zero-order valence-electron chi connectivity index (χ0n) is 9.18. The molecule has 17 heavy (non-hydrogen) atoms. The third-order valence-electron chi connectivity index (χ3n) is 2.82. The molecule has 2 rings (SSSR count). The van der Waals surface area contributed by atoms with E-state index < -0.39 is 21.8 Å². The Morgan fingerprint density at radius 1 is 0.941 bits per heavy atom. The van der Waals surface area contributed by atoms with Crippen LogP contribution < -0.4 is 0 Å². The molecule has 2 aliphatic heterocycles. The van der Waals surface area contributed by atoms with E-state index in [9.17, 15) is 9.59 Å². The maximum absolute atomic E-state index is 11.7. The molecule has 2 saturated heterocycles. The summed E-state index contributed by atoms with van der Waals surface area (Å²) in [6, 6.07) is 0. The van der Waals surface area contributed by atoms with Crippen LogP contribution in [-0.2, 0) is 23.8 Å². The van der Waals surface area contributed by atoms with Crippen molar-refractivity contribution >= 4 is 37.2 Å². The summed E-state index contributed by atoms with van der Waals surface area (Å²) in [7, 11) is 0. The normalized spacial score (nSPS) is 37.1. The van der Waals surface area contributed by atoms with Crippen LogP contribution in [0.25, 0.3) is 0 Å². The fraction of sp³-hybridized carbons (Fsp3) is 0.800. The van der Waals surface area contributed by atoms with Crippen LogP contribution in [0.3, 0.4) is 0 Å². The molecule has 0 aliphatic carbocycles. The molecule has 0 aromatic carbocycles. The molecule has 2 fully saturated rings. The lowest BCUT2D eigenvalue weighted by atomic mass is 10.2. The van der Waals surface area contributed by atoms with Gasteiger partial charge < -0.3 is 14.2 Å². The first-order valence-corrected chi connectivity index (χ1v) is 6.35. The number of carbonyl (C=O) groups excluding carboxylic acids is 2. The summed E-state index contributed by atoms with van der Waals surface area (Å²) < 4.78 is 15.1. The minimum Gasteiger partial charge on any atom is -0.387 e. The number of thiol groups is 2. The van der Waals surface area contributed by atoms with E-state index in [1.807, 2.05) is 0 Å². The molecule has 5 nitrogen and oxygen atoms in total. The highest BCUT2D eigenvalue weighted by Gasteiger charge is 2.47. The number of esters is 2.